The zero-order chi connectivity index (χ0) is 13.8. The minimum atomic E-state index is -3.18. The van der Waals surface area contributed by atoms with Gasteiger partial charge in [-0.25, -0.2) is 8.42 Å². The van der Waals surface area contributed by atoms with Gasteiger partial charge in [0.05, 0.1) is 12.2 Å². The third kappa shape index (κ3) is 4.06. The highest BCUT2D eigenvalue weighted by Gasteiger charge is 2.28. The van der Waals surface area contributed by atoms with Crippen LogP contribution in [0.2, 0.25) is 0 Å². The third-order valence-electron chi connectivity index (χ3n) is 2.85. The topological polar surface area (TPSA) is 74.8 Å². The van der Waals surface area contributed by atoms with E-state index >= 15 is 0 Å². The highest BCUT2D eigenvalue weighted by atomic mass is 32.2. The molecule has 104 valence electrons. The standard InChI is InChI=1S/C11H20N2O4S/c1-3-8-18(16,17)13-6-4-12(5-7-13)11(15)9-10(2)14/h3-9H2,1-2H3. The SMILES string of the molecule is CCCS(=O)(=O)N1CCN(C(=O)CC(C)=O)CC1. The first kappa shape index (κ1) is 15.1. The smallest absolute Gasteiger partial charge is 0.230 e. The molecule has 0 radical (unpaired) electrons. The lowest BCUT2D eigenvalue weighted by atomic mass is 10.2. The zero-order valence-corrected chi connectivity index (χ0v) is 11.7. The number of Topliss-reactive ketones (excluding diaryl/α,β-unsaturated/α-hetero) is 1. The van der Waals surface area contributed by atoms with E-state index in [4.69, 9.17) is 0 Å². The first-order chi connectivity index (χ1) is 8.36. The summed E-state index contributed by atoms with van der Waals surface area (Å²) in [4.78, 5) is 24.0. The molecule has 1 heterocycles. The van der Waals surface area contributed by atoms with Gasteiger partial charge in [-0.15, -0.1) is 0 Å². The van der Waals surface area contributed by atoms with Gasteiger partial charge in [0, 0.05) is 26.2 Å². The Hall–Kier alpha value is -0.950. The molecule has 0 saturated carbocycles. The molecule has 0 aliphatic carbocycles. The van der Waals surface area contributed by atoms with Crippen molar-refractivity contribution in [2.24, 2.45) is 0 Å². The lowest BCUT2D eigenvalue weighted by Gasteiger charge is -2.33. The molecule has 1 saturated heterocycles. The Balaban J connectivity index is 2.51. The minimum Gasteiger partial charge on any atom is -0.340 e. The van der Waals surface area contributed by atoms with Gasteiger partial charge < -0.3 is 4.90 Å². The molecule has 0 bridgehead atoms. The van der Waals surface area contributed by atoms with Crippen LogP contribution < -0.4 is 0 Å². The van der Waals surface area contributed by atoms with Crippen molar-refractivity contribution in [3.05, 3.63) is 0 Å². The van der Waals surface area contributed by atoms with E-state index in [2.05, 4.69) is 0 Å². The molecule has 1 rings (SSSR count). The van der Waals surface area contributed by atoms with Gasteiger partial charge in [-0.3, -0.25) is 9.59 Å². The molecule has 0 unspecified atom stereocenters. The van der Waals surface area contributed by atoms with Crippen LogP contribution in [0.25, 0.3) is 0 Å². The zero-order valence-electron chi connectivity index (χ0n) is 10.9. The summed E-state index contributed by atoms with van der Waals surface area (Å²) in [5.74, 6) is -0.231. The van der Waals surface area contributed by atoms with Crippen LogP contribution in [-0.4, -0.2) is 61.2 Å². The van der Waals surface area contributed by atoms with Crippen LogP contribution in [0.4, 0.5) is 0 Å². The molecular weight excluding hydrogens is 256 g/mol. The number of rotatable bonds is 5. The second kappa shape index (κ2) is 6.29. The van der Waals surface area contributed by atoms with E-state index in [-0.39, 0.29) is 23.9 Å². The molecule has 0 N–H and O–H groups in total. The van der Waals surface area contributed by atoms with Crippen molar-refractivity contribution < 1.29 is 18.0 Å². The molecule has 0 aromatic heterocycles. The number of carbonyl (C=O) groups excluding carboxylic acids is 2. The number of hydrogen-bond donors (Lipinski definition) is 0. The second-order valence-corrected chi connectivity index (χ2v) is 6.56. The highest BCUT2D eigenvalue weighted by molar-refractivity contribution is 7.89. The number of amides is 1. The lowest BCUT2D eigenvalue weighted by Crippen LogP contribution is -2.51. The van der Waals surface area contributed by atoms with Crippen molar-refractivity contribution in [1.82, 2.24) is 9.21 Å². The molecule has 1 aliphatic rings. The summed E-state index contributed by atoms with van der Waals surface area (Å²) >= 11 is 0. The summed E-state index contributed by atoms with van der Waals surface area (Å²) in [6.07, 6.45) is 0.494. The van der Waals surface area contributed by atoms with Crippen molar-refractivity contribution in [3.63, 3.8) is 0 Å². The summed E-state index contributed by atoms with van der Waals surface area (Å²) in [5, 5.41) is 0. The average molecular weight is 276 g/mol. The fraction of sp³-hybridized carbons (Fsp3) is 0.818. The monoisotopic (exact) mass is 276 g/mol. The molecule has 0 aromatic carbocycles. The molecule has 6 nitrogen and oxygen atoms in total. The van der Waals surface area contributed by atoms with Gasteiger partial charge in [-0.2, -0.15) is 4.31 Å². The number of piperazine rings is 1. The first-order valence-electron chi connectivity index (χ1n) is 6.12. The Morgan fingerprint density at radius 2 is 1.67 bits per heavy atom. The largest absolute Gasteiger partial charge is 0.340 e. The molecular formula is C11H20N2O4S. The molecule has 1 aliphatic heterocycles. The van der Waals surface area contributed by atoms with Gasteiger partial charge in [0.1, 0.15) is 5.78 Å². The van der Waals surface area contributed by atoms with Gasteiger partial charge in [0.2, 0.25) is 15.9 Å². The summed E-state index contributed by atoms with van der Waals surface area (Å²) in [7, 11) is -3.18. The molecule has 7 heteroatoms. The molecule has 0 aromatic rings. The fourth-order valence-corrected chi connectivity index (χ4v) is 3.42. The predicted octanol–water partition coefficient (Wildman–Crippen LogP) is -0.151. The van der Waals surface area contributed by atoms with Crippen molar-refractivity contribution in [2.75, 3.05) is 31.9 Å². The number of sulfonamides is 1. The van der Waals surface area contributed by atoms with E-state index in [0.29, 0.717) is 32.6 Å². The number of ketones is 1. The van der Waals surface area contributed by atoms with Crippen LogP contribution in [0.3, 0.4) is 0 Å². The van der Waals surface area contributed by atoms with Crippen LogP contribution in [0.1, 0.15) is 26.7 Å². The van der Waals surface area contributed by atoms with E-state index in [0.717, 1.165) is 0 Å². The summed E-state index contributed by atoms with van der Waals surface area (Å²) < 4.78 is 25.0. The number of nitrogens with zero attached hydrogens (tertiary/aromatic N) is 2. The van der Waals surface area contributed by atoms with Crippen LogP contribution in [0, 0.1) is 0 Å². The van der Waals surface area contributed by atoms with Gasteiger partial charge in [0.25, 0.3) is 0 Å². The van der Waals surface area contributed by atoms with E-state index in [1.54, 1.807) is 4.90 Å². The predicted molar refractivity (Wildman–Crippen MR) is 67.5 cm³/mol. The van der Waals surface area contributed by atoms with E-state index < -0.39 is 10.0 Å². The van der Waals surface area contributed by atoms with Crippen LogP contribution in [0.15, 0.2) is 0 Å². The van der Waals surface area contributed by atoms with Gasteiger partial charge >= 0.3 is 0 Å². The Morgan fingerprint density at radius 1 is 1.11 bits per heavy atom. The minimum absolute atomic E-state index is 0.0955. The van der Waals surface area contributed by atoms with Crippen LogP contribution >= 0.6 is 0 Å². The Bertz CT molecular complexity index is 411. The Morgan fingerprint density at radius 3 is 2.11 bits per heavy atom. The summed E-state index contributed by atoms with van der Waals surface area (Å²) in [6, 6.07) is 0. The quantitative estimate of drug-likeness (QED) is 0.654. The maximum Gasteiger partial charge on any atom is 0.230 e. The van der Waals surface area contributed by atoms with Crippen molar-refractivity contribution >= 4 is 21.7 Å². The average Bonchev–Trinajstić information content (AvgIpc) is 2.28. The first-order valence-corrected chi connectivity index (χ1v) is 7.72. The second-order valence-electron chi connectivity index (χ2n) is 4.47. The highest BCUT2D eigenvalue weighted by Crippen LogP contribution is 2.10. The number of hydrogen-bond acceptors (Lipinski definition) is 4. The van der Waals surface area contributed by atoms with Crippen LogP contribution in [-0.2, 0) is 19.6 Å². The maximum atomic E-state index is 11.8. The Labute approximate surface area is 108 Å². The van der Waals surface area contributed by atoms with Gasteiger partial charge in [-0.05, 0) is 13.3 Å². The number of carbonyl (C=O) groups is 2. The van der Waals surface area contributed by atoms with Crippen molar-refractivity contribution in [3.8, 4) is 0 Å². The van der Waals surface area contributed by atoms with E-state index in [9.17, 15) is 18.0 Å². The summed E-state index contributed by atoms with van der Waals surface area (Å²) in [5.41, 5.74) is 0. The molecule has 1 amide bonds. The van der Waals surface area contributed by atoms with Crippen LogP contribution in [0.5, 0.6) is 0 Å². The molecule has 1 fully saturated rings. The molecule has 0 spiro atoms. The van der Waals surface area contributed by atoms with Crippen molar-refractivity contribution in [1.29, 1.82) is 0 Å². The van der Waals surface area contributed by atoms with Crippen molar-refractivity contribution in [2.45, 2.75) is 26.7 Å². The summed E-state index contributed by atoms with van der Waals surface area (Å²) in [6.45, 7) is 4.59. The normalized spacial score (nSPS) is 17.8. The Kier molecular flexibility index (Phi) is 5.28. The van der Waals surface area contributed by atoms with E-state index in [1.165, 1.54) is 11.2 Å². The fourth-order valence-electron chi connectivity index (χ4n) is 1.93. The van der Waals surface area contributed by atoms with Gasteiger partial charge in [0.15, 0.2) is 0 Å². The van der Waals surface area contributed by atoms with Gasteiger partial charge in [-0.1, -0.05) is 6.92 Å². The third-order valence-corrected chi connectivity index (χ3v) is 4.92. The lowest BCUT2D eigenvalue weighted by molar-refractivity contribution is -0.135. The maximum absolute atomic E-state index is 11.8. The molecule has 0 atom stereocenters. The molecule has 18 heavy (non-hydrogen) atoms. The van der Waals surface area contributed by atoms with E-state index in [1.807, 2.05) is 6.92 Å².